The molecule has 0 aliphatic carbocycles. The van der Waals surface area contributed by atoms with E-state index < -0.39 is 11.5 Å². The van der Waals surface area contributed by atoms with E-state index in [9.17, 15) is 9.59 Å². The van der Waals surface area contributed by atoms with Gasteiger partial charge in [-0.2, -0.15) is 0 Å². The molecular weight excluding hydrogens is 206 g/mol. The van der Waals surface area contributed by atoms with Crippen LogP contribution in [0.5, 0.6) is 0 Å². The lowest BCUT2D eigenvalue weighted by Crippen LogP contribution is -2.21. The number of hydrogen-bond donors (Lipinski definition) is 1. The van der Waals surface area contributed by atoms with Gasteiger partial charge in [0.15, 0.2) is 0 Å². The van der Waals surface area contributed by atoms with Gasteiger partial charge in [0, 0.05) is 5.69 Å². The molecular formula is C9H10ClNO3. The topological polar surface area (TPSA) is 59.2 Å². The van der Waals surface area contributed by atoms with Gasteiger partial charge in [0.1, 0.15) is 5.56 Å². The van der Waals surface area contributed by atoms with Crippen molar-refractivity contribution in [2.24, 2.45) is 0 Å². The van der Waals surface area contributed by atoms with E-state index in [0.29, 0.717) is 16.3 Å². The van der Waals surface area contributed by atoms with Crippen LogP contribution in [0, 0.1) is 13.8 Å². The zero-order chi connectivity index (χ0) is 10.9. The van der Waals surface area contributed by atoms with E-state index in [-0.39, 0.29) is 5.56 Å². The molecule has 0 spiro atoms. The average Bonchev–Trinajstić information content (AvgIpc) is 2.14. The van der Waals surface area contributed by atoms with Gasteiger partial charge in [0.25, 0.3) is 5.56 Å². The maximum atomic E-state index is 11.4. The summed E-state index contributed by atoms with van der Waals surface area (Å²) in [4.78, 5) is 25.1. The maximum Gasteiger partial charge on any atom is 0.343 e. The van der Waals surface area contributed by atoms with Crippen molar-refractivity contribution in [3.8, 4) is 0 Å². The summed E-state index contributed by atoms with van der Waals surface area (Å²) in [7, 11) is 1.22. The van der Waals surface area contributed by atoms with Crippen LogP contribution in [0.1, 0.15) is 21.6 Å². The number of pyridine rings is 1. The summed E-state index contributed by atoms with van der Waals surface area (Å²) < 4.78 is 4.48. The predicted molar refractivity (Wildman–Crippen MR) is 52.9 cm³/mol. The molecule has 0 radical (unpaired) electrons. The summed E-state index contributed by atoms with van der Waals surface area (Å²) in [6.45, 7) is 3.27. The normalized spacial score (nSPS) is 10.0. The molecule has 0 aliphatic rings. The first-order valence-electron chi connectivity index (χ1n) is 3.96. The lowest BCUT2D eigenvalue weighted by molar-refractivity contribution is 0.0598. The fourth-order valence-corrected chi connectivity index (χ4v) is 1.34. The second-order valence-electron chi connectivity index (χ2n) is 2.88. The number of halogens is 1. The van der Waals surface area contributed by atoms with Gasteiger partial charge >= 0.3 is 5.97 Å². The largest absolute Gasteiger partial charge is 0.465 e. The zero-order valence-electron chi connectivity index (χ0n) is 8.10. The Kier molecular flexibility index (Phi) is 2.96. The molecule has 4 nitrogen and oxygen atoms in total. The van der Waals surface area contributed by atoms with Crippen molar-refractivity contribution in [1.82, 2.24) is 4.98 Å². The molecule has 0 unspecified atom stereocenters. The van der Waals surface area contributed by atoms with Crippen LogP contribution in [0.15, 0.2) is 4.79 Å². The Hall–Kier alpha value is -1.29. The number of carbonyl (C=O) groups excluding carboxylic acids is 1. The fourth-order valence-electron chi connectivity index (χ4n) is 1.20. The highest BCUT2D eigenvalue weighted by atomic mass is 35.5. The van der Waals surface area contributed by atoms with E-state index in [1.54, 1.807) is 13.8 Å². The Labute approximate surface area is 85.9 Å². The van der Waals surface area contributed by atoms with Crippen LogP contribution in [-0.4, -0.2) is 18.1 Å². The van der Waals surface area contributed by atoms with Crippen LogP contribution in [0.3, 0.4) is 0 Å². The van der Waals surface area contributed by atoms with Gasteiger partial charge in [-0.05, 0) is 19.4 Å². The van der Waals surface area contributed by atoms with Gasteiger partial charge in [0.2, 0.25) is 0 Å². The van der Waals surface area contributed by atoms with Crippen LogP contribution < -0.4 is 5.56 Å². The molecule has 1 rings (SSSR count). The molecule has 0 saturated carbocycles. The van der Waals surface area contributed by atoms with E-state index in [2.05, 4.69) is 9.72 Å². The first-order valence-corrected chi connectivity index (χ1v) is 4.34. The Balaban J connectivity index is 3.52. The highest BCUT2D eigenvalue weighted by Gasteiger charge is 2.17. The molecule has 14 heavy (non-hydrogen) atoms. The number of methoxy groups -OCH3 is 1. The third-order valence-electron chi connectivity index (χ3n) is 1.95. The van der Waals surface area contributed by atoms with E-state index >= 15 is 0 Å². The molecule has 1 aromatic rings. The maximum absolute atomic E-state index is 11.4. The van der Waals surface area contributed by atoms with Crippen molar-refractivity contribution in [3.63, 3.8) is 0 Å². The molecule has 1 N–H and O–H groups in total. The third-order valence-corrected chi connectivity index (χ3v) is 2.52. The molecule has 1 heterocycles. The number of aromatic nitrogens is 1. The Morgan fingerprint density at radius 3 is 2.50 bits per heavy atom. The second kappa shape index (κ2) is 3.84. The predicted octanol–water partition coefficient (Wildman–Crippen LogP) is 1.43. The first kappa shape index (κ1) is 10.8. The minimum Gasteiger partial charge on any atom is -0.465 e. The molecule has 0 aromatic carbocycles. The highest BCUT2D eigenvalue weighted by Crippen LogP contribution is 2.19. The van der Waals surface area contributed by atoms with E-state index in [4.69, 9.17) is 11.6 Å². The minimum atomic E-state index is -0.675. The van der Waals surface area contributed by atoms with Gasteiger partial charge in [-0.15, -0.1) is 0 Å². The summed E-state index contributed by atoms with van der Waals surface area (Å²) in [6, 6.07) is 0. The van der Waals surface area contributed by atoms with Crippen molar-refractivity contribution in [2.75, 3.05) is 7.11 Å². The number of nitrogens with one attached hydrogen (secondary N) is 1. The first-order chi connectivity index (χ1) is 6.49. The SMILES string of the molecule is COC(=O)c1c(C)c(Cl)c(C)[nH]c1=O. The highest BCUT2D eigenvalue weighted by molar-refractivity contribution is 6.32. The van der Waals surface area contributed by atoms with Gasteiger partial charge in [-0.1, -0.05) is 11.6 Å². The summed E-state index contributed by atoms with van der Waals surface area (Å²) in [5.41, 5.74) is 0.473. The van der Waals surface area contributed by atoms with Gasteiger partial charge < -0.3 is 9.72 Å². The van der Waals surface area contributed by atoms with Crippen molar-refractivity contribution in [3.05, 3.63) is 32.2 Å². The van der Waals surface area contributed by atoms with E-state index in [0.717, 1.165) is 0 Å². The van der Waals surface area contributed by atoms with Crippen LogP contribution >= 0.6 is 11.6 Å². The molecule has 0 fully saturated rings. The Bertz CT molecular complexity index is 436. The standard InChI is InChI=1S/C9H10ClNO3/c1-4-6(9(13)14-3)8(12)11-5(2)7(4)10/h1-3H3,(H,11,12). The Morgan fingerprint density at radius 1 is 1.43 bits per heavy atom. The van der Waals surface area contributed by atoms with Crippen LogP contribution in [0.25, 0.3) is 0 Å². The number of ether oxygens (including phenoxy) is 1. The molecule has 5 heteroatoms. The van der Waals surface area contributed by atoms with Crippen molar-refractivity contribution < 1.29 is 9.53 Å². The molecule has 76 valence electrons. The van der Waals surface area contributed by atoms with Crippen molar-refractivity contribution in [1.29, 1.82) is 0 Å². The third kappa shape index (κ3) is 1.65. The van der Waals surface area contributed by atoms with Gasteiger partial charge in [0.05, 0.1) is 12.1 Å². The van der Waals surface area contributed by atoms with Gasteiger partial charge in [-0.25, -0.2) is 4.79 Å². The molecule has 0 amide bonds. The quantitative estimate of drug-likeness (QED) is 0.721. The van der Waals surface area contributed by atoms with Crippen LogP contribution in [0.4, 0.5) is 0 Å². The fraction of sp³-hybridized carbons (Fsp3) is 0.333. The number of aromatic amines is 1. The second-order valence-corrected chi connectivity index (χ2v) is 3.26. The van der Waals surface area contributed by atoms with Crippen LogP contribution in [-0.2, 0) is 4.74 Å². The van der Waals surface area contributed by atoms with Crippen molar-refractivity contribution >= 4 is 17.6 Å². The summed E-state index contributed by atoms with van der Waals surface area (Å²) in [6.07, 6.45) is 0. The lowest BCUT2D eigenvalue weighted by Gasteiger charge is -2.06. The summed E-state index contributed by atoms with van der Waals surface area (Å²) >= 11 is 5.88. The molecule has 1 aromatic heterocycles. The molecule has 0 saturated heterocycles. The van der Waals surface area contributed by atoms with E-state index in [1.165, 1.54) is 7.11 Å². The van der Waals surface area contributed by atoms with Crippen LogP contribution in [0.2, 0.25) is 5.02 Å². The lowest BCUT2D eigenvalue weighted by atomic mass is 10.1. The number of aryl methyl sites for hydroxylation is 1. The molecule has 0 aliphatic heterocycles. The number of carbonyl (C=O) groups is 1. The number of esters is 1. The summed E-state index contributed by atoms with van der Waals surface area (Å²) in [5, 5.41) is 0.380. The average molecular weight is 216 g/mol. The monoisotopic (exact) mass is 215 g/mol. The number of rotatable bonds is 1. The van der Waals surface area contributed by atoms with E-state index in [1.807, 2.05) is 0 Å². The zero-order valence-corrected chi connectivity index (χ0v) is 8.86. The Morgan fingerprint density at radius 2 is 2.00 bits per heavy atom. The summed E-state index contributed by atoms with van der Waals surface area (Å²) in [5.74, 6) is -0.675. The van der Waals surface area contributed by atoms with Gasteiger partial charge in [-0.3, -0.25) is 4.79 Å². The number of hydrogen-bond acceptors (Lipinski definition) is 3. The molecule has 0 atom stereocenters. The minimum absolute atomic E-state index is 0.0388. The molecule has 0 bridgehead atoms. The van der Waals surface area contributed by atoms with Crippen molar-refractivity contribution in [2.45, 2.75) is 13.8 Å². The number of H-pyrrole nitrogens is 1. The smallest absolute Gasteiger partial charge is 0.343 e.